The first-order chi connectivity index (χ1) is 9.47. The Morgan fingerprint density at radius 3 is 2.05 bits per heavy atom. The van der Waals surface area contributed by atoms with E-state index in [0.29, 0.717) is 12.0 Å². The molecular formula is C16H18F2N2. The van der Waals surface area contributed by atoms with E-state index >= 15 is 0 Å². The van der Waals surface area contributed by atoms with Gasteiger partial charge in [-0.15, -0.1) is 0 Å². The summed E-state index contributed by atoms with van der Waals surface area (Å²) in [5.41, 5.74) is 3.58. The molecule has 20 heavy (non-hydrogen) atoms. The second kappa shape index (κ2) is 6.09. The summed E-state index contributed by atoms with van der Waals surface area (Å²) >= 11 is 0. The summed E-state index contributed by atoms with van der Waals surface area (Å²) in [6, 6.07) is 7.60. The zero-order valence-corrected chi connectivity index (χ0v) is 11.9. The summed E-state index contributed by atoms with van der Waals surface area (Å²) < 4.78 is 26.5. The lowest BCUT2D eigenvalue weighted by molar-refractivity contribution is 0.561. The summed E-state index contributed by atoms with van der Waals surface area (Å²) in [6.45, 7) is 3.87. The first kappa shape index (κ1) is 14.6. The molecule has 4 heteroatoms. The van der Waals surface area contributed by atoms with E-state index in [2.05, 4.69) is 10.3 Å². The largest absolute Gasteiger partial charge is 0.313 e. The van der Waals surface area contributed by atoms with Crippen LogP contribution in [0.5, 0.6) is 0 Å². The van der Waals surface area contributed by atoms with Crippen LogP contribution >= 0.6 is 0 Å². The van der Waals surface area contributed by atoms with E-state index in [4.69, 9.17) is 0 Å². The fraction of sp³-hybridized carbons (Fsp3) is 0.312. The highest BCUT2D eigenvalue weighted by Gasteiger charge is 2.13. The molecule has 0 aliphatic rings. The van der Waals surface area contributed by atoms with Crippen LogP contribution in [0.3, 0.4) is 0 Å². The van der Waals surface area contributed by atoms with Crippen molar-refractivity contribution in [1.82, 2.24) is 10.3 Å². The molecule has 2 aromatic rings. The molecule has 0 spiro atoms. The van der Waals surface area contributed by atoms with Gasteiger partial charge in [-0.05, 0) is 62.7 Å². The SMILES string of the molecule is CNC(Cc1cc(F)cc(F)c1)c1cc(C)nc(C)c1. The van der Waals surface area contributed by atoms with Crippen LogP contribution in [0.25, 0.3) is 0 Å². The van der Waals surface area contributed by atoms with E-state index in [9.17, 15) is 8.78 Å². The molecule has 0 aliphatic carbocycles. The van der Waals surface area contributed by atoms with Gasteiger partial charge in [0.1, 0.15) is 11.6 Å². The van der Waals surface area contributed by atoms with Crippen molar-refractivity contribution < 1.29 is 8.78 Å². The third-order valence-electron chi connectivity index (χ3n) is 3.22. The molecule has 0 amide bonds. The summed E-state index contributed by atoms with van der Waals surface area (Å²) in [5, 5.41) is 3.19. The smallest absolute Gasteiger partial charge is 0.126 e. The fourth-order valence-electron chi connectivity index (χ4n) is 2.42. The van der Waals surface area contributed by atoms with Crippen LogP contribution in [-0.2, 0) is 6.42 Å². The van der Waals surface area contributed by atoms with Crippen LogP contribution < -0.4 is 5.32 Å². The van der Waals surface area contributed by atoms with Crippen LogP contribution in [0.15, 0.2) is 30.3 Å². The minimum absolute atomic E-state index is 0.00315. The highest BCUT2D eigenvalue weighted by molar-refractivity contribution is 5.27. The Kier molecular flexibility index (Phi) is 4.45. The van der Waals surface area contributed by atoms with Crippen molar-refractivity contribution >= 4 is 0 Å². The molecule has 0 fully saturated rings. The molecule has 1 atom stereocenters. The zero-order chi connectivity index (χ0) is 14.7. The van der Waals surface area contributed by atoms with Gasteiger partial charge >= 0.3 is 0 Å². The number of likely N-dealkylation sites (N-methyl/N-ethyl adjacent to an activating group) is 1. The van der Waals surface area contributed by atoms with Crippen LogP contribution in [0.4, 0.5) is 8.78 Å². The van der Waals surface area contributed by atoms with Crippen molar-refractivity contribution in [3.63, 3.8) is 0 Å². The second-order valence-corrected chi connectivity index (χ2v) is 5.01. The molecular weight excluding hydrogens is 258 g/mol. The van der Waals surface area contributed by atoms with Crippen molar-refractivity contribution in [3.8, 4) is 0 Å². The summed E-state index contributed by atoms with van der Waals surface area (Å²) in [5.74, 6) is -1.09. The van der Waals surface area contributed by atoms with Crippen molar-refractivity contribution in [3.05, 3.63) is 64.5 Å². The van der Waals surface area contributed by atoms with Gasteiger partial charge in [-0.2, -0.15) is 0 Å². The average Bonchev–Trinajstić information content (AvgIpc) is 2.33. The van der Waals surface area contributed by atoms with Gasteiger partial charge in [0.25, 0.3) is 0 Å². The molecule has 1 unspecified atom stereocenters. The highest BCUT2D eigenvalue weighted by Crippen LogP contribution is 2.20. The van der Waals surface area contributed by atoms with Crippen molar-refractivity contribution in [1.29, 1.82) is 0 Å². The lowest BCUT2D eigenvalue weighted by atomic mass is 9.98. The Bertz CT molecular complexity index is 571. The Morgan fingerprint density at radius 2 is 1.55 bits per heavy atom. The van der Waals surface area contributed by atoms with Gasteiger partial charge < -0.3 is 5.32 Å². The number of nitrogens with zero attached hydrogens (tertiary/aromatic N) is 1. The molecule has 1 heterocycles. The normalized spacial score (nSPS) is 12.4. The van der Waals surface area contributed by atoms with Gasteiger partial charge in [0.05, 0.1) is 0 Å². The maximum atomic E-state index is 13.2. The number of benzene rings is 1. The van der Waals surface area contributed by atoms with E-state index in [0.717, 1.165) is 23.0 Å². The lowest BCUT2D eigenvalue weighted by Crippen LogP contribution is -2.19. The van der Waals surface area contributed by atoms with E-state index in [-0.39, 0.29) is 6.04 Å². The Labute approximate surface area is 117 Å². The maximum Gasteiger partial charge on any atom is 0.126 e. The van der Waals surface area contributed by atoms with E-state index in [1.807, 2.05) is 33.0 Å². The predicted molar refractivity (Wildman–Crippen MR) is 75.6 cm³/mol. The van der Waals surface area contributed by atoms with Gasteiger partial charge in [-0.1, -0.05) is 0 Å². The Hall–Kier alpha value is -1.81. The second-order valence-electron chi connectivity index (χ2n) is 5.01. The zero-order valence-electron chi connectivity index (χ0n) is 11.9. The van der Waals surface area contributed by atoms with Gasteiger partial charge in [0.2, 0.25) is 0 Å². The standard InChI is InChI=1S/C16H18F2N2/c1-10-4-13(5-11(2)20-10)16(19-3)8-12-6-14(17)9-15(18)7-12/h4-7,9,16,19H,8H2,1-3H3. The summed E-state index contributed by atoms with van der Waals surface area (Å²) in [6.07, 6.45) is 0.522. The number of hydrogen-bond donors (Lipinski definition) is 1. The van der Waals surface area contributed by atoms with E-state index < -0.39 is 11.6 Å². The van der Waals surface area contributed by atoms with Crippen molar-refractivity contribution in [2.45, 2.75) is 26.3 Å². The Balaban J connectivity index is 2.28. The molecule has 0 bridgehead atoms. The van der Waals surface area contributed by atoms with Gasteiger partial charge in [-0.3, -0.25) is 4.98 Å². The molecule has 0 radical (unpaired) electrons. The van der Waals surface area contributed by atoms with Gasteiger partial charge in [0, 0.05) is 23.5 Å². The number of hydrogen-bond acceptors (Lipinski definition) is 2. The number of nitrogens with one attached hydrogen (secondary N) is 1. The minimum atomic E-state index is -0.544. The van der Waals surface area contributed by atoms with E-state index in [1.165, 1.54) is 12.1 Å². The highest BCUT2D eigenvalue weighted by atomic mass is 19.1. The molecule has 1 N–H and O–H groups in total. The number of halogens is 2. The molecule has 0 aliphatic heterocycles. The summed E-state index contributed by atoms with van der Waals surface area (Å²) in [4.78, 5) is 4.34. The third kappa shape index (κ3) is 3.61. The molecule has 2 nitrogen and oxygen atoms in total. The van der Waals surface area contributed by atoms with Gasteiger partial charge in [0.15, 0.2) is 0 Å². The van der Waals surface area contributed by atoms with Crippen LogP contribution in [0.2, 0.25) is 0 Å². The van der Waals surface area contributed by atoms with Crippen LogP contribution in [0.1, 0.15) is 28.6 Å². The quantitative estimate of drug-likeness (QED) is 0.924. The average molecular weight is 276 g/mol. The predicted octanol–water partition coefficient (Wildman–Crippen LogP) is 3.48. The number of pyridine rings is 1. The summed E-state index contributed by atoms with van der Waals surface area (Å²) in [7, 11) is 1.84. The first-order valence-electron chi connectivity index (χ1n) is 6.55. The van der Waals surface area contributed by atoms with E-state index in [1.54, 1.807) is 0 Å². The topological polar surface area (TPSA) is 24.9 Å². The Morgan fingerprint density at radius 1 is 1.00 bits per heavy atom. The maximum absolute atomic E-state index is 13.2. The number of aryl methyl sites for hydroxylation is 2. The monoisotopic (exact) mass is 276 g/mol. The van der Waals surface area contributed by atoms with Gasteiger partial charge in [-0.25, -0.2) is 8.78 Å². The molecule has 1 aromatic heterocycles. The molecule has 1 aromatic carbocycles. The minimum Gasteiger partial charge on any atom is -0.313 e. The van der Waals surface area contributed by atoms with Crippen molar-refractivity contribution in [2.24, 2.45) is 0 Å². The molecule has 2 rings (SSSR count). The van der Waals surface area contributed by atoms with Crippen molar-refractivity contribution in [2.75, 3.05) is 7.05 Å². The third-order valence-corrected chi connectivity index (χ3v) is 3.22. The molecule has 0 saturated carbocycles. The first-order valence-corrected chi connectivity index (χ1v) is 6.55. The number of aromatic nitrogens is 1. The molecule has 106 valence electrons. The van der Waals surface area contributed by atoms with Crippen LogP contribution in [-0.4, -0.2) is 12.0 Å². The molecule has 0 saturated heterocycles. The van der Waals surface area contributed by atoms with Crippen LogP contribution in [0, 0.1) is 25.5 Å². The number of rotatable bonds is 4. The lowest BCUT2D eigenvalue weighted by Gasteiger charge is -2.18. The fourth-order valence-corrected chi connectivity index (χ4v) is 2.42.